The molecule has 0 bridgehead atoms. The van der Waals surface area contributed by atoms with Crippen LogP contribution in [0.3, 0.4) is 0 Å². The molecule has 130 valence electrons. The number of nitrogens with one attached hydrogen (secondary N) is 2. The summed E-state index contributed by atoms with van der Waals surface area (Å²) in [7, 11) is 0. The summed E-state index contributed by atoms with van der Waals surface area (Å²) in [4.78, 5) is 11.9. The highest BCUT2D eigenvalue weighted by Gasteiger charge is 2.21. The summed E-state index contributed by atoms with van der Waals surface area (Å²) in [5.41, 5.74) is -0.444. The fourth-order valence-corrected chi connectivity index (χ4v) is 2.95. The summed E-state index contributed by atoms with van der Waals surface area (Å²) in [5, 5.41) is 6.50. The second-order valence-electron chi connectivity index (χ2n) is 7.99. The molecule has 4 heteroatoms. The first kappa shape index (κ1) is 19.3. The smallest absolute Gasteiger partial charge is 0.407 e. The van der Waals surface area contributed by atoms with Crippen molar-refractivity contribution in [3.05, 3.63) is 0 Å². The molecule has 0 aliphatic heterocycles. The standard InChI is InChI=1S/C18H36N2O2/c1-14(2)16(20-17(21)22-18(3,4)5)13-19-12-11-15-9-7-6-8-10-15/h14-16,19H,6-13H2,1-5H3,(H,20,21). The third-order valence-corrected chi connectivity index (χ3v) is 4.33. The molecule has 1 unspecified atom stereocenters. The minimum Gasteiger partial charge on any atom is -0.444 e. The molecule has 1 atom stereocenters. The van der Waals surface area contributed by atoms with Crippen LogP contribution in [-0.2, 0) is 4.74 Å². The van der Waals surface area contributed by atoms with Crippen LogP contribution in [0.2, 0.25) is 0 Å². The van der Waals surface area contributed by atoms with Crippen molar-refractivity contribution < 1.29 is 9.53 Å². The van der Waals surface area contributed by atoms with Crippen LogP contribution in [0.1, 0.15) is 73.1 Å². The molecule has 0 saturated heterocycles. The average Bonchev–Trinajstić information content (AvgIpc) is 2.41. The Morgan fingerprint density at radius 2 is 1.82 bits per heavy atom. The third-order valence-electron chi connectivity index (χ3n) is 4.33. The lowest BCUT2D eigenvalue weighted by molar-refractivity contribution is 0.0490. The van der Waals surface area contributed by atoms with Gasteiger partial charge in [-0.15, -0.1) is 0 Å². The second kappa shape index (κ2) is 9.39. The molecule has 1 aliphatic carbocycles. The predicted molar refractivity (Wildman–Crippen MR) is 92.1 cm³/mol. The first-order valence-corrected chi connectivity index (χ1v) is 8.98. The van der Waals surface area contributed by atoms with Gasteiger partial charge in [0, 0.05) is 12.6 Å². The number of hydrogen-bond donors (Lipinski definition) is 2. The number of ether oxygens (including phenoxy) is 1. The number of amides is 1. The van der Waals surface area contributed by atoms with E-state index in [0.29, 0.717) is 5.92 Å². The topological polar surface area (TPSA) is 50.4 Å². The maximum Gasteiger partial charge on any atom is 0.407 e. The van der Waals surface area contributed by atoms with Crippen LogP contribution in [0.5, 0.6) is 0 Å². The maximum absolute atomic E-state index is 11.9. The van der Waals surface area contributed by atoms with Gasteiger partial charge in [-0.1, -0.05) is 46.0 Å². The lowest BCUT2D eigenvalue weighted by atomic mass is 9.87. The molecule has 1 saturated carbocycles. The van der Waals surface area contributed by atoms with Crippen LogP contribution in [-0.4, -0.2) is 30.8 Å². The molecule has 1 amide bonds. The van der Waals surface area contributed by atoms with Gasteiger partial charge in [-0.3, -0.25) is 0 Å². The summed E-state index contributed by atoms with van der Waals surface area (Å²) < 4.78 is 5.34. The predicted octanol–water partition coefficient (Wildman–Crippen LogP) is 4.10. The molecular formula is C18H36N2O2. The zero-order valence-electron chi connectivity index (χ0n) is 15.2. The number of carbonyl (C=O) groups excluding carboxylic acids is 1. The van der Waals surface area contributed by atoms with Gasteiger partial charge in [-0.25, -0.2) is 4.79 Å². The fourth-order valence-electron chi connectivity index (χ4n) is 2.95. The maximum atomic E-state index is 11.9. The second-order valence-corrected chi connectivity index (χ2v) is 7.99. The Hall–Kier alpha value is -0.770. The molecule has 2 N–H and O–H groups in total. The third kappa shape index (κ3) is 8.62. The van der Waals surface area contributed by atoms with E-state index in [9.17, 15) is 4.79 Å². The van der Waals surface area contributed by atoms with E-state index in [1.54, 1.807) is 0 Å². The molecule has 1 fully saturated rings. The zero-order valence-corrected chi connectivity index (χ0v) is 15.2. The Morgan fingerprint density at radius 3 is 2.36 bits per heavy atom. The highest BCUT2D eigenvalue weighted by molar-refractivity contribution is 5.68. The van der Waals surface area contributed by atoms with E-state index in [1.165, 1.54) is 38.5 Å². The van der Waals surface area contributed by atoms with Gasteiger partial charge in [0.25, 0.3) is 0 Å². The van der Waals surface area contributed by atoms with Gasteiger partial charge < -0.3 is 15.4 Å². The van der Waals surface area contributed by atoms with E-state index in [4.69, 9.17) is 4.74 Å². The van der Waals surface area contributed by atoms with Gasteiger partial charge >= 0.3 is 6.09 Å². The Morgan fingerprint density at radius 1 is 1.18 bits per heavy atom. The number of rotatable bonds is 7. The van der Waals surface area contributed by atoms with E-state index in [0.717, 1.165) is 19.0 Å². The van der Waals surface area contributed by atoms with E-state index < -0.39 is 5.60 Å². The van der Waals surface area contributed by atoms with E-state index in [2.05, 4.69) is 24.5 Å². The first-order valence-electron chi connectivity index (χ1n) is 8.98. The molecule has 4 nitrogen and oxygen atoms in total. The van der Waals surface area contributed by atoms with Crippen LogP contribution >= 0.6 is 0 Å². The summed E-state index contributed by atoms with van der Waals surface area (Å²) in [6.45, 7) is 11.8. The van der Waals surface area contributed by atoms with Gasteiger partial charge in [0.2, 0.25) is 0 Å². The molecule has 0 heterocycles. The SMILES string of the molecule is CC(C)C(CNCCC1CCCCC1)NC(=O)OC(C)(C)C. The lowest BCUT2D eigenvalue weighted by Crippen LogP contribution is -2.47. The highest BCUT2D eigenvalue weighted by atomic mass is 16.6. The summed E-state index contributed by atoms with van der Waals surface area (Å²) in [5.74, 6) is 1.28. The quantitative estimate of drug-likeness (QED) is 0.696. The number of hydrogen-bond acceptors (Lipinski definition) is 3. The zero-order chi connectivity index (χ0) is 16.6. The average molecular weight is 312 g/mol. The lowest BCUT2D eigenvalue weighted by Gasteiger charge is -2.26. The van der Waals surface area contributed by atoms with Crippen LogP contribution in [0, 0.1) is 11.8 Å². The molecule has 1 rings (SSSR count). The molecule has 22 heavy (non-hydrogen) atoms. The van der Waals surface area contributed by atoms with Crippen molar-refractivity contribution in [1.29, 1.82) is 0 Å². The van der Waals surface area contributed by atoms with Crippen molar-refractivity contribution in [2.45, 2.75) is 84.8 Å². The molecule has 0 aromatic heterocycles. The van der Waals surface area contributed by atoms with Crippen molar-refractivity contribution in [2.24, 2.45) is 11.8 Å². The molecule has 0 spiro atoms. The van der Waals surface area contributed by atoms with Crippen molar-refractivity contribution in [2.75, 3.05) is 13.1 Å². The summed E-state index contributed by atoms with van der Waals surface area (Å²) in [6, 6.07) is 0.112. The molecule has 0 radical (unpaired) electrons. The largest absolute Gasteiger partial charge is 0.444 e. The molecule has 0 aromatic carbocycles. The molecular weight excluding hydrogens is 276 g/mol. The van der Waals surface area contributed by atoms with Gasteiger partial charge in [-0.2, -0.15) is 0 Å². The van der Waals surface area contributed by atoms with Gasteiger partial charge in [0.1, 0.15) is 5.60 Å². The number of carbonyl (C=O) groups is 1. The Kier molecular flexibility index (Phi) is 8.23. The Labute approximate surface area is 136 Å². The highest BCUT2D eigenvalue weighted by Crippen LogP contribution is 2.25. The monoisotopic (exact) mass is 312 g/mol. The van der Waals surface area contributed by atoms with E-state index in [-0.39, 0.29) is 12.1 Å². The Balaban J connectivity index is 2.24. The van der Waals surface area contributed by atoms with Crippen molar-refractivity contribution in [3.63, 3.8) is 0 Å². The van der Waals surface area contributed by atoms with E-state index >= 15 is 0 Å². The van der Waals surface area contributed by atoms with Gasteiger partial charge in [-0.05, 0) is 45.6 Å². The van der Waals surface area contributed by atoms with Gasteiger partial charge in [0.15, 0.2) is 0 Å². The first-order chi connectivity index (χ1) is 10.3. The van der Waals surface area contributed by atoms with Crippen molar-refractivity contribution in [3.8, 4) is 0 Å². The number of alkyl carbamates (subject to hydrolysis) is 1. The van der Waals surface area contributed by atoms with Crippen LogP contribution < -0.4 is 10.6 Å². The summed E-state index contributed by atoms with van der Waals surface area (Å²) in [6.07, 6.45) is 7.95. The van der Waals surface area contributed by atoms with Crippen molar-refractivity contribution in [1.82, 2.24) is 10.6 Å². The summed E-state index contributed by atoms with van der Waals surface area (Å²) >= 11 is 0. The fraction of sp³-hybridized carbons (Fsp3) is 0.944. The Bertz CT molecular complexity index is 318. The van der Waals surface area contributed by atoms with Crippen LogP contribution in [0.15, 0.2) is 0 Å². The van der Waals surface area contributed by atoms with Crippen LogP contribution in [0.4, 0.5) is 4.79 Å². The van der Waals surface area contributed by atoms with Gasteiger partial charge in [0.05, 0.1) is 0 Å². The minimum atomic E-state index is -0.444. The minimum absolute atomic E-state index is 0.112. The van der Waals surface area contributed by atoms with Crippen molar-refractivity contribution >= 4 is 6.09 Å². The molecule has 1 aliphatic rings. The normalized spacial score (nSPS) is 18.3. The van der Waals surface area contributed by atoms with E-state index in [1.807, 2.05) is 20.8 Å². The molecule has 0 aromatic rings. The van der Waals surface area contributed by atoms with Crippen LogP contribution in [0.25, 0.3) is 0 Å².